The maximum Gasteiger partial charge on any atom is 0.355 e. The molecule has 8 nitrogen and oxygen atoms in total. The summed E-state index contributed by atoms with van der Waals surface area (Å²) in [6.45, 7) is 2.01. The first-order valence-electron chi connectivity index (χ1n) is 9.25. The summed E-state index contributed by atoms with van der Waals surface area (Å²) >= 11 is 0. The number of esters is 2. The number of ether oxygens (including phenoxy) is 3. The van der Waals surface area contributed by atoms with Gasteiger partial charge in [-0.15, -0.1) is 0 Å². The van der Waals surface area contributed by atoms with Gasteiger partial charge in [0.1, 0.15) is 17.9 Å². The van der Waals surface area contributed by atoms with Gasteiger partial charge in [-0.2, -0.15) is 0 Å². The normalized spacial score (nSPS) is 14.2. The Labute approximate surface area is 172 Å². The molecule has 1 aliphatic rings. The lowest BCUT2D eigenvalue weighted by atomic mass is 10.1. The highest BCUT2D eigenvalue weighted by atomic mass is 16.5. The Bertz CT molecular complexity index is 1160. The van der Waals surface area contributed by atoms with Crippen molar-refractivity contribution >= 4 is 28.7 Å². The molecule has 0 N–H and O–H groups in total. The molecule has 0 radical (unpaired) electrons. The number of hydrogen-bond donors (Lipinski definition) is 0. The van der Waals surface area contributed by atoms with Crippen LogP contribution in [0.5, 0.6) is 0 Å². The van der Waals surface area contributed by atoms with Crippen LogP contribution in [0.4, 0.5) is 5.69 Å². The standard InChI is InChI=1S/C22H20N2O6/c1-13-6-4-5-7-15(13)20-23-17-9-8-14(10-18(17)30-20)24-12-29-11-16(21(25)27-2)19(24)22(26)28-3/h4-10H,11-12H2,1-3H3. The number of rotatable bonds is 4. The Morgan fingerprint density at radius 3 is 2.57 bits per heavy atom. The minimum atomic E-state index is -0.656. The highest BCUT2D eigenvalue weighted by molar-refractivity contribution is 6.03. The third-order valence-electron chi connectivity index (χ3n) is 4.89. The van der Waals surface area contributed by atoms with Gasteiger partial charge < -0.3 is 23.5 Å². The second-order valence-corrected chi connectivity index (χ2v) is 6.70. The minimum absolute atomic E-state index is 0.0460. The first kappa shape index (κ1) is 19.7. The van der Waals surface area contributed by atoms with E-state index in [1.54, 1.807) is 23.1 Å². The number of fused-ring (bicyclic) bond motifs is 1. The van der Waals surface area contributed by atoms with Crippen LogP contribution in [0.2, 0.25) is 0 Å². The van der Waals surface area contributed by atoms with E-state index in [1.165, 1.54) is 14.2 Å². The summed E-state index contributed by atoms with van der Waals surface area (Å²) < 4.78 is 21.2. The third kappa shape index (κ3) is 3.42. The highest BCUT2D eigenvalue weighted by Crippen LogP contribution is 2.32. The largest absolute Gasteiger partial charge is 0.466 e. The van der Waals surface area contributed by atoms with Crippen molar-refractivity contribution in [1.82, 2.24) is 4.98 Å². The van der Waals surface area contributed by atoms with Gasteiger partial charge in [-0.1, -0.05) is 18.2 Å². The van der Waals surface area contributed by atoms with Crippen molar-refractivity contribution in [3.63, 3.8) is 0 Å². The number of benzene rings is 2. The molecule has 0 fully saturated rings. The number of hydrogen-bond acceptors (Lipinski definition) is 8. The summed E-state index contributed by atoms with van der Waals surface area (Å²) in [4.78, 5) is 30.7. The van der Waals surface area contributed by atoms with Gasteiger partial charge in [0.05, 0.1) is 26.4 Å². The summed E-state index contributed by atoms with van der Waals surface area (Å²) in [6.07, 6.45) is 0. The lowest BCUT2D eigenvalue weighted by Gasteiger charge is -2.31. The number of anilines is 1. The maximum absolute atomic E-state index is 12.5. The molecule has 0 amide bonds. The SMILES string of the molecule is COC(=O)C1=C(C(=O)OC)N(c2ccc3nc(-c4ccccc4C)oc3c2)COC1. The molecule has 4 rings (SSSR count). The summed E-state index contributed by atoms with van der Waals surface area (Å²) in [6, 6.07) is 13.1. The third-order valence-corrected chi connectivity index (χ3v) is 4.89. The van der Waals surface area contributed by atoms with E-state index in [1.807, 2.05) is 31.2 Å². The average molecular weight is 408 g/mol. The summed E-state index contributed by atoms with van der Waals surface area (Å²) in [5.41, 5.74) is 3.93. The number of aryl methyl sites for hydroxylation is 1. The van der Waals surface area contributed by atoms with E-state index in [4.69, 9.17) is 18.6 Å². The molecule has 0 spiro atoms. The number of oxazole rings is 1. The van der Waals surface area contributed by atoms with Crippen LogP contribution in [-0.4, -0.2) is 44.5 Å². The number of carbonyl (C=O) groups excluding carboxylic acids is 2. The van der Waals surface area contributed by atoms with Gasteiger partial charge in [0.25, 0.3) is 0 Å². The fourth-order valence-corrected chi connectivity index (χ4v) is 3.36. The van der Waals surface area contributed by atoms with Crippen molar-refractivity contribution in [3.05, 3.63) is 59.3 Å². The molecule has 1 aromatic heterocycles. The van der Waals surface area contributed by atoms with Gasteiger partial charge in [-0.3, -0.25) is 0 Å². The van der Waals surface area contributed by atoms with Crippen LogP contribution in [0.3, 0.4) is 0 Å². The maximum atomic E-state index is 12.5. The Hall–Kier alpha value is -3.65. The van der Waals surface area contributed by atoms with Crippen LogP contribution in [0, 0.1) is 6.92 Å². The van der Waals surface area contributed by atoms with E-state index < -0.39 is 11.9 Å². The molecule has 2 heterocycles. The Kier molecular flexibility index (Phi) is 5.24. The molecule has 1 aliphatic heterocycles. The van der Waals surface area contributed by atoms with Gasteiger partial charge in [-0.05, 0) is 30.7 Å². The monoisotopic (exact) mass is 408 g/mol. The molecule has 0 unspecified atom stereocenters. The first-order chi connectivity index (χ1) is 14.5. The zero-order valence-corrected chi connectivity index (χ0v) is 16.8. The fourth-order valence-electron chi connectivity index (χ4n) is 3.36. The second-order valence-electron chi connectivity index (χ2n) is 6.70. The van der Waals surface area contributed by atoms with Crippen LogP contribution >= 0.6 is 0 Å². The number of carbonyl (C=O) groups is 2. The molecule has 0 saturated carbocycles. The number of methoxy groups -OCH3 is 2. The summed E-state index contributed by atoms with van der Waals surface area (Å²) in [5, 5.41) is 0. The van der Waals surface area contributed by atoms with Crippen molar-refractivity contribution in [1.29, 1.82) is 0 Å². The van der Waals surface area contributed by atoms with Gasteiger partial charge in [0.2, 0.25) is 5.89 Å². The molecule has 8 heteroatoms. The topological polar surface area (TPSA) is 91.1 Å². The fraction of sp³-hybridized carbons (Fsp3) is 0.227. The number of aromatic nitrogens is 1. The van der Waals surface area contributed by atoms with Gasteiger partial charge in [-0.25, -0.2) is 14.6 Å². The minimum Gasteiger partial charge on any atom is -0.466 e. The first-order valence-corrected chi connectivity index (χ1v) is 9.25. The zero-order chi connectivity index (χ0) is 21.3. The molecule has 0 bridgehead atoms. The second kappa shape index (κ2) is 8.00. The van der Waals surface area contributed by atoms with Crippen molar-refractivity contribution in [2.24, 2.45) is 0 Å². The molecule has 0 aliphatic carbocycles. The van der Waals surface area contributed by atoms with E-state index in [9.17, 15) is 9.59 Å². The highest BCUT2D eigenvalue weighted by Gasteiger charge is 2.32. The van der Waals surface area contributed by atoms with E-state index in [2.05, 4.69) is 4.98 Å². The van der Waals surface area contributed by atoms with E-state index in [0.29, 0.717) is 22.7 Å². The van der Waals surface area contributed by atoms with Crippen molar-refractivity contribution in [2.75, 3.05) is 32.5 Å². The molecular formula is C22H20N2O6. The quantitative estimate of drug-likeness (QED) is 0.608. The van der Waals surface area contributed by atoms with Crippen LogP contribution in [0.1, 0.15) is 5.56 Å². The molecule has 0 saturated heterocycles. The lowest BCUT2D eigenvalue weighted by molar-refractivity contribution is -0.140. The molecule has 2 aromatic carbocycles. The van der Waals surface area contributed by atoms with E-state index in [-0.39, 0.29) is 24.6 Å². The van der Waals surface area contributed by atoms with Crippen LogP contribution < -0.4 is 4.90 Å². The molecule has 0 atom stereocenters. The van der Waals surface area contributed by atoms with Crippen molar-refractivity contribution in [2.45, 2.75) is 6.92 Å². The van der Waals surface area contributed by atoms with Gasteiger partial charge in [0.15, 0.2) is 5.58 Å². The predicted octanol–water partition coefficient (Wildman–Crippen LogP) is 3.20. The lowest BCUT2D eigenvalue weighted by Crippen LogP contribution is -2.38. The zero-order valence-electron chi connectivity index (χ0n) is 16.8. The van der Waals surface area contributed by atoms with E-state index in [0.717, 1.165) is 11.1 Å². The summed E-state index contributed by atoms with van der Waals surface area (Å²) in [5.74, 6) is -0.797. The average Bonchev–Trinajstić information content (AvgIpc) is 3.20. The van der Waals surface area contributed by atoms with E-state index >= 15 is 0 Å². The van der Waals surface area contributed by atoms with Gasteiger partial charge >= 0.3 is 11.9 Å². The number of nitrogens with zero attached hydrogens (tertiary/aromatic N) is 2. The van der Waals surface area contributed by atoms with Gasteiger partial charge in [0, 0.05) is 17.3 Å². The smallest absolute Gasteiger partial charge is 0.355 e. The van der Waals surface area contributed by atoms with Crippen LogP contribution in [0.25, 0.3) is 22.6 Å². The van der Waals surface area contributed by atoms with Crippen LogP contribution in [-0.2, 0) is 23.8 Å². The Morgan fingerprint density at radius 1 is 1.07 bits per heavy atom. The summed E-state index contributed by atoms with van der Waals surface area (Å²) in [7, 11) is 2.50. The molecule has 154 valence electrons. The van der Waals surface area contributed by atoms with Crippen molar-refractivity contribution < 1.29 is 28.2 Å². The molecule has 30 heavy (non-hydrogen) atoms. The predicted molar refractivity (Wildman–Crippen MR) is 109 cm³/mol. The molecule has 3 aromatic rings. The molecular weight excluding hydrogens is 388 g/mol. The Balaban J connectivity index is 1.79. The van der Waals surface area contributed by atoms with Crippen LogP contribution in [0.15, 0.2) is 58.2 Å². The Morgan fingerprint density at radius 2 is 1.83 bits per heavy atom. The van der Waals surface area contributed by atoms with Crippen molar-refractivity contribution in [3.8, 4) is 11.5 Å².